The molecule has 4 rings (SSSR count). The van der Waals surface area contributed by atoms with Gasteiger partial charge >= 0.3 is 0 Å². The van der Waals surface area contributed by atoms with E-state index < -0.39 is 22.2 Å². The second kappa shape index (κ2) is 13.2. The zero-order valence-corrected chi connectivity index (χ0v) is 23.6. The van der Waals surface area contributed by atoms with Crippen LogP contribution in [0.1, 0.15) is 48.8 Å². The molecule has 12 heteroatoms. The van der Waals surface area contributed by atoms with Crippen LogP contribution in [-0.2, 0) is 32.9 Å². The fraction of sp³-hybridized carbons (Fsp3) is 0.241. The van der Waals surface area contributed by atoms with Crippen molar-refractivity contribution in [2.24, 2.45) is 16.0 Å². The Hall–Kier alpha value is -4.55. The number of nitrogens with one attached hydrogen (secondary N) is 2. The number of rotatable bonds is 13. The van der Waals surface area contributed by atoms with Crippen molar-refractivity contribution in [3.63, 3.8) is 0 Å². The number of hydrogen-bond acceptors (Lipinski definition) is 8. The van der Waals surface area contributed by atoms with E-state index in [-0.39, 0.29) is 12.4 Å². The number of nitrogens with zero attached hydrogens (tertiary/aromatic N) is 1. The van der Waals surface area contributed by atoms with Gasteiger partial charge in [0.1, 0.15) is 18.4 Å². The van der Waals surface area contributed by atoms with Gasteiger partial charge in [0.2, 0.25) is 0 Å². The van der Waals surface area contributed by atoms with Crippen LogP contribution in [0.2, 0.25) is 0 Å². The number of oxime groups is 1. The van der Waals surface area contributed by atoms with Crippen molar-refractivity contribution in [1.82, 2.24) is 4.72 Å². The molecule has 11 nitrogen and oxygen atoms in total. The number of carbonyl (C=O) groups excluding carboxylic acids is 1. The van der Waals surface area contributed by atoms with E-state index in [1.807, 2.05) is 55.0 Å². The van der Waals surface area contributed by atoms with Crippen LogP contribution >= 0.6 is 0 Å². The van der Waals surface area contributed by atoms with E-state index in [2.05, 4.69) is 10.5 Å². The molecule has 6 N–H and O–H groups in total. The number of ether oxygens (including phenoxy) is 1. The van der Waals surface area contributed by atoms with E-state index in [4.69, 9.17) is 24.9 Å². The topological polar surface area (TPSA) is 171 Å². The summed E-state index contributed by atoms with van der Waals surface area (Å²) in [6.45, 7) is 4.51. The molecule has 0 aliphatic carbocycles. The maximum atomic E-state index is 13.1. The van der Waals surface area contributed by atoms with E-state index in [0.717, 1.165) is 29.6 Å². The molecule has 1 heterocycles. The van der Waals surface area contributed by atoms with E-state index in [1.165, 1.54) is 0 Å². The van der Waals surface area contributed by atoms with Crippen LogP contribution < -0.4 is 25.6 Å². The molecule has 0 unspecified atom stereocenters. The zero-order chi connectivity index (χ0) is 29.4. The number of amidine groups is 1. The summed E-state index contributed by atoms with van der Waals surface area (Å²) < 4.78 is 37.1. The van der Waals surface area contributed by atoms with Gasteiger partial charge in [-0.25, -0.2) is 9.86 Å². The molecule has 3 aromatic carbocycles. The van der Waals surface area contributed by atoms with Gasteiger partial charge in [-0.15, -0.1) is 0 Å². The number of hydrogen-bond donors (Lipinski definition) is 4. The molecule has 1 aromatic heterocycles. The molecule has 1 amide bonds. The number of carbonyl (C=O) groups is 1. The average molecular weight is 580 g/mol. The largest absolute Gasteiger partial charge is 0.490 e. The van der Waals surface area contributed by atoms with Gasteiger partial charge in [-0.2, -0.15) is 8.42 Å². The predicted octanol–water partition coefficient (Wildman–Crippen LogP) is 4.09. The lowest BCUT2D eigenvalue weighted by Gasteiger charge is -2.20. The van der Waals surface area contributed by atoms with E-state index in [1.54, 1.807) is 36.4 Å². The number of nitrogens with two attached hydrogens (primary N) is 2. The predicted molar refractivity (Wildman–Crippen MR) is 157 cm³/mol. The van der Waals surface area contributed by atoms with Crippen LogP contribution in [0.5, 0.6) is 5.75 Å². The molecule has 0 saturated heterocycles. The van der Waals surface area contributed by atoms with Crippen LogP contribution in [0.4, 0.5) is 5.69 Å². The Kier molecular flexibility index (Phi) is 9.48. The lowest BCUT2D eigenvalue weighted by molar-refractivity contribution is -0.120. The lowest BCUT2D eigenvalue weighted by atomic mass is 10.0. The number of aryl methyl sites for hydroxylation is 1. The highest BCUT2D eigenvalue weighted by atomic mass is 32.2. The molecule has 0 aliphatic rings. The summed E-state index contributed by atoms with van der Waals surface area (Å²) in [5.41, 5.74) is 9.14. The average Bonchev–Trinajstić information content (AvgIpc) is 3.35. The smallest absolute Gasteiger partial charge is 0.298 e. The molecular weight excluding hydrogens is 546 g/mol. The summed E-state index contributed by atoms with van der Waals surface area (Å²) in [6, 6.07) is 20.5. The second-order valence-electron chi connectivity index (χ2n) is 9.23. The van der Waals surface area contributed by atoms with E-state index >= 15 is 0 Å². The van der Waals surface area contributed by atoms with Crippen molar-refractivity contribution >= 4 is 38.6 Å². The first kappa shape index (κ1) is 29.4. The Morgan fingerprint density at radius 3 is 2.44 bits per heavy atom. The van der Waals surface area contributed by atoms with Crippen molar-refractivity contribution in [1.29, 1.82) is 0 Å². The minimum Gasteiger partial charge on any atom is -0.490 e. The van der Waals surface area contributed by atoms with Crippen LogP contribution in [-0.4, -0.2) is 26.8 Å². The van der Waals surface area contributed by atoms with Crippen molar-refractivity contribution in [3.8, 4) is 5.75 Å². The Morgan fingerprint density at radius 1 is 1.05 bits per heavy atom. The van der Waals surface area contributed by atoms with Gasteiger partial charge < -0.3 is 25.0 Å². The first-order valence-corrected chi connectivity index (χ1v) is 14.6. The molecular formula is C29H33N5O6S. The molecule has 41 heavy (non-hydrogen) atoms. The van der Waals surface area contributed by atoms with Crippen molar-refractivity contribution in [2.45, 2.75) is 39.3 Å². The maximum Gasteiger partial charge on any atom is 0.298 e. The first-order valence-electron chi connectivity index (χ1n) is 13.1. The standard InChI is InChI=1S/C29H33N5O6S/c1-3-8-24-16-22-15-21(17-25(38-4-2)27(22)40-24)26(29(35)34-41(31,36)37)32-23-13-11-20(12-14-23)28(30)33-39-18-19-9-6-5-7-10-19/h5-7,9-17,26,32H,3-4,8,18H2,1-2H3,(H2,30,33)(H,34,35)(H2,31,36,37)/t26-/m0/s1. The third kappa shape index (κ3) is 7.99. The normalized spacial score (nSPS) is 12.6. The molecule has 4 aromatic rings. The highest BCUT2D eigenvalue weighted by Crippen LogP contribution is 2.34. The summed E-state index contributed by atoms with van der Waals surface area (Å²) in [6.07, 6.45) is 1.63. The molecule has 0 saturated carbocycles. The summed E-state index contributed by atoms with van der Waals surface area (Å²) in [4.78, 5) is 18.5. The van der Waals surface area contributed by atoms with E-state index in [0.29, 0.717) is 34.8 Å². The SMILES string of the molecule is CCCc1cc2cc([C@H](Nc3ccc(C(N)=NOCc4ccccc4)cc3)C(=O)NS(N)(=O)=O)cc(OCC)c2o1. The minimum absolute atomic E-state index is 0.172. The van der Waals surface area contributed by atoms with Gasteiger partial charge in [-0.05, 0) is 66.9 Å². The second-order valence-corrected chi connectivity index (χ2v) is 10.5. The zero-order valence-electron chi connectivity index (χ0n) is 22.8. The quantitative estimate of drug-likeness (QED) is 0.104. The van der Waals surface area contributed by atoms with Crippen LogP contribution in [0.15, 0.2) is 82.4 Å². The summed E-state index contributed by atoms with van der Waals surface area (Å²) >= 11 is 0. The highest BCUT2D eigenvalue weighted by molar-refractivity contribution is 7.87. The lowest BCUT2D eigenvalue weighted by Crippen LogP contribution is -2.41. The molecule has 1 atom stereocenters. The number of benzene rings is 3. The van der Waals surface area contributed by atoms with Gasteiger partial charge in [0.05, 0.1) is 6.61 Å². The first-order chi connectivity index (χ1) is 19.7. The number of fused-ring (bicyclic) bond motifs is 1. The van der Waals surface area contributed by atoms with Crippen LogP contribution in [0.3, 0.4) is 0 Å². The third-order valence-corrected chi connectivity index (χ3v) is 6.50. The van der Waals surface area contributed by atoms with Crippen LogP contribution in [0, 0.1) is 0 Å². The molecule has 0 bridgehead atoms. The van der Waals surface area contributed by atoms with Crippen molar-refractivity contribution < 1.29 is 27.2 Å². The van der Waals surface area contributed by atoms with Crippen molar-refractivity contribution in [2.75, 3.05) is 11.9 Å². The number of furan rings is 1. The Balaban J connectivity index is 1.60. The molecule has 0 aliphatic heterocycles. The molecule has 0 fully saturated rings. The molecule has 0 radical (unpaired) electrons. The van der Waals surface area contributed by atoms with Gasteiger partial charge in [-0.1, -0.05) is 42.4 Å². The highest BCUT2D eigenvalue weighted by Gasteiger charge is 2.26. The van der Waals surface area contributed by atoms with Gasteiger partial charge in [0, 0.05) is 23.1 Å². The van der Waals surface area contributed by atoms with Crippen LogP contribution in [0.25, 0.3) is 11.0 Å². The Labute approximate surface area is 238 Å². The summed E-state index contributed by atoms with van der Waals surface area (Å²) in [7, 11) is -4.32. The molecule has 0 spiro atoms. The van der Waals surface area contributed by atoms with Crippen molar-refractivity contribution in [3.05, 3.63) is 95.2 Å². The van der Waals surface area contributed by atoms with Gasteiger partial charge in [0.25, 0.3) is 16.1 Å². The molecule has 216 valence electrons. The number of amides is 1. The fourth-order valence-electron chi connectivity index (χ4n) is 4.20. The fourth-order valence-corrected chi connectivity index (χ4v) is 4.60. The van der Waals surface area contributed by atoms with Gasteiger partial charge in [-0.3, -0.25) is 4.79 Å². The third-order valence-electron chi connectivity index (χ3n) is 6.02. The van der Waals surface area contributed by atoms with Gasteiger partial charge in [0.15, 0.2) is 17.2 Å². The monoisotopic (exact) mass is 579 g/mol. The van der Waals surface area contributed by atoms with E-state index in [9.17, 15) is 13.2 Å². The summed E-state index contributed by atoms with van der Waals surface area (Å²) in [5, 5.41) is 12.9. The maximum absolute atomic E-state index is 13.1. The Morgan fingerprint density at radius 2 is 1.78 bits per heavy atom. The minimum atomic E-state index is -4.32. The summed E-state index contributed by atoms with van der Waals surface area (Å²) in [5.74, 6) is 0.519. The number of anilines is 1. The Bertz CT molecular complexity index is 1620.